The fourth-order valence-electron chi connectivity index (χ4n) is 3.64. The molecule has 6 heteroatoms. The van der Waals surface area contributed by atoms with Crippen molar-refractivity contribution in [2.75, 3.05) is 27.2 Å². The summed E-state index contributed by atoms with van der Waals surface area (Å²) < 4.78 is 25.9. The second-order valence-electron chi connectivity index (χ2n) is 7.15. The number of amides is 1. The van der Waals surface area contributed by atoms with Crippen LogP contribution in [0.1, 0.15) is 37.2 Å². The van der Waals surface area contributed by atoms with Crippen molar-refractivity contribution in [2.45, 2.75) is 36.9 Å². The second-order valence-corrected chi connectivity index (χ2v) is 9.58. The predicted octanol–water partition coefficient (Wildman–Crippen LogP) is 2.06. The Morgan fingerprint density at radius 2 is 1.96 bits per heavy atom. The van der Waals surface area contributed by atoms with Crippen LogP contribution in [0.3, 0.4) is 0 Å². The van der Waals surface area contributed by atoms with Gasteiger partial charge in [-0.3, -0.25) is 4.79 Å². The highest BCUT2D eigenvalue weighted by Gasteiger charge is 2.41. The minimum Gasteiger partial charge on any atom is -0.341 e. The zero-order valence-corrected chi connectivity index (χ0v) is 15.2. The molecule has 2 fully saturated rings. The van der Waals surface area contributed by atoms with Crippen molar-refractivity contribution in [3.8, 4) is 0 Å². The minimum absolute atomic E-state index is 0.108. The molecule has 0 bridgehead atoms. The Hall–Kier alpha value is -1.40. The SMILES string of the molecule is CN(C)S(=O)(=O)C1CCCN(C(=O)C[C@@H]2C[C@H]2c2ccccc2)C1. The molecule has 0 radical (unpaired) electrons. The van der Waals surface area contributed by atoms with Gasteiger partial charge < -0.3 is 4.90 Å². The number of rotatable bonds is 5. The molecular weight excluding hydrogens is 324 g/mol. The van der Waals surface area contributed by atoms with Crippen molar-refractivity contribution in [3.63, 3.8) is 0 Å². The lowest BCUT2D eigenvalue weighted by Gasteiger charge is -2.33. The number of likely N-dealkylation sites (tertiary alicyclic amines) is 1. The number of carbonyl (C=O) groups excluding carboxylic acids is 1. The van der Waals surface area contributed by atoms with Crippen LogP contribution in [-0.2, 0) is 14.8 Å². The van der Waals surface area contributed by atoms with Crippen LogP contribution in [0.5, 0.6) is 0 Å². The van der Waals surface area contributed by atoms with E-state index in [9.17, 15) is 13.2 Å². The van der Waals surface area contributed by atoms with Crippen molar-refractivity contribution in [2.24, 2.45) is 5.92 Å². The van der Waals surface area contributed by atoms with E-state index in [2.05, 4.69) is 12.1 Å². The number of piperidine rings is 1. The third kappa shape index (κ3) is 3.64. The molecule has 1 aromatic carbocycles. The van der Waals surface area contributed by atoms with E-state index in [4.69, 9.17) is 0 Å². The van der Waals surface area contributed by atoms with Crippen LogP contribution >= 0.6 is 0 Å². The van der Waals surface area contributed by atoms with E-state index in [0.717, 1.165) is 12.8 Å². The Balaban J connectivity index is 1.56. The van der Waals surface area contributed by atoms with Crippen LogP contribution in [0.15, 0.2) is 30.3 Å². The Kier molecular flexibility index (Phi) is 4.97. The van der Waals surface area contributed by atoms with Gasteiger partial charge >= 0.3 is 0 Å². The molecule has 2 aliphatic rings. The van der Waals surface area contributed by atoms with Crippen molar-refractivity contribution < 1.29 is 13.2 Å². The molecule has 0 aromatic heterocycles. The summed E-state index contributed by atoms with van der Waals surface area (Å²) in [7, 11) is -0.173. The molecular formula is C18H26N2O3S. The molecule has 5 nitrogen and oxygen atoms in total. The van der Waals surface area contributed by atoms with E-state index in [0.29, 0.717) is 37.8 Å². The maximum absolute atomic E-state index is 12.6. The van der Waals surface area contributed by atoms with Crippen molar-refractivity contribution >= 4 is 15.9 Å². The highest BCUT2D eigenvalue weighted by Crippen LogP contribution is 2.49. The maximum atomic E-state index is 12.6. The summed E-state index contributed by atoms with van der Waals surface area (Å²) in [5.74, 6) is 1.00. The van der Waals surface area contributed by atoms with E-state index in [1.165, 1.54) is 9.87 Å². The first-order chi connectivity index (χ1) is 11.4. The third-order valence-electron chi connectivity index (χ3n) is 5.25. The van der Waals surface area contributed by atoms with Gasteiger partial charge in [0.2, 0.25) is 15.9 Å². The van der Waals surface area contributed by atoms with E-state index >= 15 is 0 Å². The summed E-state index contributed by atoms with van der Waals surface area (Å²) in [5.41, 5.74) is 1.31. The lowest BCUT2D eigenvalue weighted by Crippen LogP contribution is -2.48. The average molecular weight is 350 g/mol. The van der Waals surface area contributed by atoms with Crippen LogP contribution in [0.2, 0.25) is 0 Å². The molecule has 0 N–H and O–H groups in total. The molecule has 24 heavy (non-hydrogen) atoms. The lowest BCUT2D eigenvalue weighted by molar-refractivity contribution is -0.132. The van der Waals surface area contributed by atoms with Gasteiger partial charge in [-0.1, -0.05) is 30.3 Å². The molecule has 1 amide bonds. The fraction of sp³-hybridized carbons (Fsp3) is 0.611. The first-order valence-electron chi connectivity index (χ1n) is 8.63. The van der Waals surface area contributed by atoms with Gasteiger partial charge in [0.25, 0.3) is 0 Å². The Bertz CT molecular complexity index is 687. The Labute approximate surface area is 144 Å². The lowest BCUT2D eigenvalue weighted by atomic mass is 10.1. The van der Waals surface area contributed by atoms with Crippen LogP contribution < -0.4 is 0 Å². The van der Waals surface area contributed by atoms with Crippen LogP contribution in [0.25, 0.3) is 0 Å². The van der Waals surface area contributed by atoms with Crippen molar-refractivity contribution in [1.29, 1.82) is 0 Å². The largest absolute Gasteiger partial charge is 0.341 e. The Morgan fingerprint density at radius 3 is 2.62 bits per heavy atom. The molecule has 1 aromatic rings. The summed E-state index contributed by atoms with van der Waals surface area (Å²) in [5, 5.41) is -0.464. The number of sulfonamides is 1. The first kappa shape index (κ1) is 17.4. The van der Waals surface area contributed by atoms with Gasteiger partial charge in [-0.25, -0.2) is 12.7 Å². The fourth-order valence-corrected chi connectivity index (χ4v) is 5.07. The maximum Gasteiger partial charge on any atom is 0.222 e. The van der Waals surface area contributed by atoms with Crippen LogP contribution in [0.4, 0.5) is 0 Å². The normalized spacial score (nSPS) is 27.3. The third-order valence-corrected chi connectivity index (χ3v) is 7.49. The molecule has 1 aliphatic carbocycles. The molecule has 132 valence electrons. The summed E-state index contributed by atoms with van der Waals surface area (Å²) in [4.78, 5) is 14.3. The number of benzene rings is 1. The zero-order valence-electron chi connectivity index (χ0n) is 14.4. The summed E-state index contributed by atoms with van der Waals surface area (Å²) in [6, 6.07) is 10.3. The monoisotopic (exact) mass is 350 g/mol. The van der Waals surface area contributed by atoms with Gasteiger partial charge in [-0.05, 0) is 36.7 Å². The number of nitrogens with zero attached hydrogens (tertiary/aromatic N) is 2. The number of hydrogen-bond acceptors (Lipinski definition) is 3. The van der Waals surface area contributed by atoms with E-state index in [1.54, 1.807) is 19.0 Å². The number of carbonyl (C=O) groups is 1. The predicted molar refractivity (Wildman–Crippen MR) is 94.1 cm³/mol. The summed E-state index contributed by atoms with van der Waals surface area (Å²) in [6.45, 7) is 1.02. The van der Waals surface area contributed by atoms with Crippen molar-refractivity contribution in [3.05, 3.63) is 35.9 Å². The van der Waals surface area contributed by atoms with Crippen LogP contribution in [0, 0.1) is 5.92 Å². The molecule has 1 heterocycles. The standard InChI is InChI=1S/C18H26N2O3S/c1-19(2)24(22,23)16-9-6-10-20(13-16)18(21)12-15-11-17(15)14-7-4-3-5-8-14/h3-5,7-8,15-17H,6,9-13H2,1-2H3/t15-,16?,17-/m0/s1. The van der Waals surface area contributed by atoms with Crippen molar-refractivity contribution in [1.82, 2.24) is 9.21 Å². The molecule has 1 saturated carbocycles. The van der Waals surface area contributed by atoms with Gasteiger partial charge in [0, 0.05) is 33.6 Å². The topological polar surface area (TPSA) is 57.7 Å². The van der Waals surface area contributed by atoms with Gasteiger partial charge in [0.15, 0.2) is 0 Å². The zero-order chi connectivity index (χ0) is 17.3. The summed E-state index contributed by atoms with van der Waals surface area (Å²) >= 11 is 0. The molecule has 3 rings (SSSR count). The molecule has 1 saturated heterocycles. The van der Waals surface area contributed by atoms with Gasteiger partial charge in [0.1, 0.15) is 0 Å². The number of hydrogen-bond donors (Lipinski definition) is 0. The molecule has 1 unspecified atom stereocenters. The highest BCUT2D eigenvalue weighted by molar-refractivity contribution is 7.89. The quantitative estimate of drug-likeness (QED) is 0.817. The van der Waals surface area contributed by atoms with Gasteiger partial charge in [-0.2, -0.15) is 0 Å². The molecule has 0 spiro atoms. The summed E-state index contributed by atoms with van der Waals surface area (Å²) in [6.07, 6.45) is 2.99. The Morgan fingerprint density at radius 1 is 1.25 bits per heavy atom. The second kappa shape index (κ2) is 6.84. The molecule has 3 atom stereocenters. The van der Waals surface area contributed by atoms with Crippen LogP contribution in [-0.4, -0.2) is 56.0 Å². The highest BCUT2D eigenvalue weighted by atomic mass is 32.2. The first-order valence-corrected chi connectivity index (χ1v) is 10.1. The average Bonchev–Trinajstić information content (AvgIpc) is 3.34. The van der Waals surface area contributed by atoms with E-state index in [1.807, 2.05) is 18.2 Å². The van der Waals surface area contributed by atoms with E-state index in [-0.39, 0.29) is 5.91 Å². The smallest absolute Gasteiger partial charge is 0.222 e. The van der Waals surface area contributed by atoms with Gasteiger partial charge in [0.05, 0.1) is 5.25 Å². The minimum atomic E-state index is -3.29. The van der Waals surface area contributed by atoms with E-state index < -0.39 is 15.3 Å². The van der Waals surface area contributed by atoms with Gasteiger partial charge in [-0.15, -0.1) is 0 Å². The molecule has 1 aliphatic heterocycles.